The van der Waals surface area contributed by atoms with Crippen LogP contribution in [0.2, 0.25) is 0 Å². The molecule has 0 spiro atoms. The molecule has 1 unspecified atom stereocenters. The van der Waals surface area contributed by atoms with Gasteiger partial charge in [0.1, 0.15) is 9.88 Å². The molecule has 0 bridgehead atoms. The van der Waals surface area contributed by atoms with Gasteiger partial charge >= 0.3 is 0 Å². The standard InChI is InChI=1S/C10H15N3O2S3/c1-7(6-17-2)13-18(14,15)8-3-4-9(10(11)16)12-5-8/h3-5,7,13H,6H2,1-2H3,(H2,11,16). The molecule has 0 aromatic carbocycles. The molecule has 100 valence electrons. The molecule has 1 aromatic rings. The van der Waals surface area contributed by atoms with E-state index in [1.165, 1.54) is 18.3 Å². The molecule has 18 heavy (non-hydrogen) atoms. The fourth-order valence-corrected chi connectivity index (χ4v) is 3.30. The lowest BCUT2D eigenvalue weighted by molar-refractivity contribution is 0.570. The van der Waals surface area contributed by atoms with E-state index in [4.69, 9.17) is 18.0 Å². The first kappa shape index (κ1) is 15.4. The molecule has 1 heterocycles. The molecule has 0 amide bonds. The van der Waals surface area contributed by atoms with Crippen molar-refractivity contribution >= 4 is 39.0 Å². The van der Waals surface area contributed by atoms with Crippen LogP contribution in [0.4, 0.5) is 0 Å². The van der Waals surface area contributed by atoms with Crippen molar-refractivity contribution in [3.63, 3.8) is 0 Å². The minimum atomic E-state index is -3.53. The maximum Gasteiger partial charge on any atom is 0.242 e. The summed E-state index contributed by atoms with van der Waals surface area (Å²) in [6, 6.07) is 2.80. The van der Waals surface area contributed by atoms with Gasteiger partial charge in [0.05, 0.1) is 5.69 Å². The molecule has 0 aliphatic carbocycles. The van der Waals surface area contributed by atoms with Gasteiger partial charge < -0.3 is 5.73 Å². The van der Waals surface area contributed by atoms with Gasteiger partial charge in [-0.3, -0.25) is 4.98 Å². The van der Waals surface area contributed by atoms with Crippen molar-refractivity contribution in [3.8, 4) is 0 Å². The van der Waals surface area contributed by atoms with Crippen LogP contribution in [0.3, 0.4) is 0 Å². The third-order valence-corrected chi connectivity index (χ3v) is 4.69. The molecule has 0 saturated heterocycles. The lowest BCUT2D eigenvalue weighted by Gasteiger charge is -2.12. The molecule has 5 nitrogen and oxygen atoms in total. The second-order valence-electron chi connectivity index (χ2n) is 3.72. The number of rotatable bonds is 6. The number of pyridine rings is 1. The highest BCUT2D eigenvalue weighted by Gasteiger charge is 2.17. The molecule has 3 N–H and O–H groups in total. The predicted octanol–water partition coefficient (Wildman–Crippen LogP) is 0.746. The number of thiocarbonyl (C=S) groups is 1. The van der Waals surface area contributed by atoms with Crippen LogP contribution in [-0.4, -0.2) is 36.4 Å². The van der Waals surface area contributed by atoms with E-state index in [1.54, 1.807) is 11.8 Å². The van der Waals surface area contributed by atoms with Crippen LogP contribution in [0.25, 0.3) is 0 Å². The minimum Gasteiger partial charge on any atom is -0.388 e. The zero-order valence-corrected chi connectivity index (χ0v) is 12.5. The first-order valence-electron chi connectivity index (χ1n) is 5.14. The largest absolute Gasteiger partial charge is 0.388 e. The molecule has 0 radical (unpaired) electrons. The second kappa shape index (κ2) is 6.46. The molecule has 0 aliphatic rings. The Morgan fingerprint density at radius 3 is 2.72 bits per heavy atom. The summed E-state index contributed by atoms with van der Waals surface area (Å²) in [6.07, 6.45) is 3.17. The van der Waals surface area contributed by atoms with Gasteiger partial charge in [0.25, 0.3) is 0 Å². The summed E-state index contributed by atoms with van der Waals surface area (Å²) in [6.45, 7) is 1.81. The smallest absolute Gasteiger partial charge is 0.242 e. The van der Waals surface area contributed by atoms with Crippen LogP contribution in [0.15, 0.2) is 23.2 Å². The Morgan fingerprint density at radius 1 is 1.61 bits per heavy atom. The van der Waals surface area contributed by atoms with Crippen LogP contribution < -0.4 is 10.5 Å². The van der Waals surface area contributed by atoms with E-state index < -0.39 is 10.0 Å². The summed E-state index contributed by atoms with van der Waals surface area (Å²) in [7, 11) is -3.53. The van der Waals surface area contributed by atoms with Crippen molar-refractivity contribution in [2.75, 3.05) is 12.0 Å². The number of nitrogens with zero attached hydrogens (tertiary/aromatic N) is 1. The van der Waals surface area contributed by atoms with Gasteiger partial charge in [0.2, 0.25) is 10.0 Å². The van der Waals surface area contributed by atoms with Gasteiger partial charge in [-0.05, 0) is 25.3 Å². The average Bonchev–Trinajstić information content (AvgIpc) is 2.28. The number of nitrogens with one attached hydrogen (secondary N) is 1. The van der Waals surface area contributed by atoms with Crippen LogP contribution in [0.5, 0.6) is 0 Å². The number of hydrogen-bond donors (Lipinski definition) is 2. The monoisotopic (exact) mass is 305 g/mol. The fourth-order valence-electron chi connectivity index (χ4n) is 1.30. The van der Waals surface area contributed by atoms with Crippen LogP contribution in [0.1, 0.15) is 12.6 Å². The third kappa shape index (κ3) is 4.20. The van der Waals surface area contributed by atoms with E-state index in [0.29, 0.717) is 11.4 Å². The summed E-state index contributed by atoms with van der Waals surface area (Å²) in [5, 5.41) is 0. The topological polar surface area (TPSA) is 85.1 Å². The Balaban J connectivity index is 2.88. The molecule has 1 aromatic heterocycles. The molecule has 0 aliphatic heterocycles. The van der Waals surface area contributed by atoms with E-state index in [0.717, 1.165) is 0 Å². The van der Waals surface area contributed by atoms with E-state index in [9.17, 15) is 8.42 Å². The normalized spacial score (nSPS) is 13.2. The van der Waals surface area contributed by atoms with Crippen LogP contribution >= 0.6 is 24.0 Å². The van der Waals surface area contributed by atoms with E-state index >= 15 is 0 Å². The van der Waals surface area contributed by atoms with Crippen LogP contribution in [-0.2, 0) is 10.0 Å². The van der Waals surface area contributed by atoms with Crippen molar-refractivity contribution in [3.05, 3.63) is 24.0 Å². The van der Waals surface area contributed by atoms with Crippen molar-refractivity contribution in [1.29, 1.82) is 0 Å². The number of aromatic nitrogens is 1. The van der Waals surface area contributed by atoms with Crippen molar-refractivity contribution < 1.29 is 8.42 Å². The SMILES string of the molecule is CSCC(C)NS(=O)(=O)c1ccc(C(N)=S)nc1. The Bertz CT molecular complexity index is 514. The highest BCUT2D eigenvalue weighted by Crippen LogP contribution is 2.09. The van der Waals surface area contributed by atoms with Crippen LogP contribution in [0, 0.1) is 0 Å². The van der Waals surface area contributed by atoms with Crippen molar-refractivity contribution in [2.45, 2.75) is 17.9 Å². The quantitative estimate of drug-likeness (QED) is 0.754. The Kier molecular flexibility index (Phi) is 5.51. The van der Waals surface area contributed by atoms with Gasteiger partial charge in [0.15, 0.2) is 0 Å². The molecule has 1 atom stereocenters. The number of thioether (sulfide) groups is 1. The number of nitrogens with two attached hydrogens (primary N) is 1. The zero-order chi connectivity index (χ0) is 13.8. The first-order valence-corrected chi connectivity index (χ1v) is 8.42. The highest BCUT2D eigenvalue weighted by atomic mass is 32.2. The third-order valence-electron chi connectivity index (χ3n) is 2.07. The Morgan fingerprint density at radius 2 is 2.28 bits per heavy atom. The fraction of sp³-hybridized carbons (Fsp3) is 0.400. The van der Waals surface area contributed by atoms with Crippen molar-refractivity contribution in [2.24, 2.45) is 5.73 Å². The van der Waals surface area contributed by atoms with Gasteiger partial charge in [-0.15, -0.1) is 0 Å². The highest BCUT2D eigenvalue weighted by molar-refractivity contribution is 7.98. The molecular formula is C10H15N3O2S3. The lowest BCUT2D eigenvalue weighted by atomic mass is 10.3. The number of sulfonamides is 1. The average molecular weight is 305 g/mol. The lowest BCUT2D eigenvalue weighted by Crippen LogP contribution is -2.34. The Hall–Kier alpha value is -0.700. The van der Waals surface area contributed by atoms with Gasteiger partial charge in [-0.2, -0.15) is 11.8 Å². The summed E-state index contributed by atoms with van der Waals surface area (Å²) in [4.78, 5) is 4.16. The summed E-state index contributed by atoms with van der Waals surface area (Å²) in [5.74, 6) is 0.706. The number of hydrogen-bond acceptors (Lipinski definition) is 5. The molecule has 1 rings (SSSR count). The maximum atomic E-state index is 12.0. The van der Waals surface area contributed by atoms with Gasteiger partial charge in [-0.1, -0.05) is 12.2 Å². The molecule has 8 heteroatoms. The van der Waals surface area contributed by atoms with Crippen molar-refractivity contribution in [1.82, 2.24) is 9.71 Å². The van der Waals surface area contributed by atoms with E-state index in [1.807, 2.05) is 13.2 Å². The molecule has 0 saturated carbocycles. The maximum absolute atomic E-state index is 12.0. The first-order chi connectivity index (χ1) is 8.36. The predicted molar refractivity (Wildman–Crippen MR) is 78.3 cm³/mol. The zero-order valence-electron chi connectivity index (χ0n) is 10.1. The summed E-state index contributed by atoms with van der Waals surface area (Å²) in [5.41, 5.74) is 5.80. The molecule has 0 fully saturated rings. The van der Waals surface area contributed by atoms with E-state index in [2.05, 4.69) is 9.71 Å². The Labute approximate surface area is 117 Å². The van der Waals surface area contributed by atoms with Gasteiger partial charge in [0, 0.05) is 18.0 Å². The van der Waals surface area contributed by atoms with E-state index in [-0.39, 0.29) is 15.9 Å². The van der Waals surface area contributed by atoms with Gasteiger partial charge in [-0.25, -0.2) is 13.1 Å². The summed E-state index contributed by atoms with van der Waals surface area (Å²) >= 11 is 6.33. The second-order valence-corrected chi connectivity index (χ2v) is 6.79. The minimum absolute atomic E-state index is 0.107. The summed E-state index contributed by atoms with van der Waals surface area (Å²) < 4.78 is 26.5. The molecular weight excluding hydrogens is 290 g/mol.